The second kappa shape index (κ2) is 7.13. The van der Waals surface area contributed by atoms with Crippen LogP contribution >= 0.6 is 0 Å². The van der Waals surface area contributed by atoms with Gasteiger partial charge in [-0.05, 0) is 44.5 Å². The van der Waals surface area contributed by atoms with Gasteiger partial charge in [0.05, 0.1) is 12.3 Å². The number of benzene rings is 1. The molecule has 0 saturated heterocycles. The zero-order valence-corrected chi connectivity index (χ0v) is 12.9. The predicted molar refractivity (Wildman–Crippen MR) is 82.4 cm³/mol. The lowest BCUT2D eigenvalue weighted by Gasteiger charge is -2.12. The summed E-state index contributed by atoms with van der Waals surface area (Å²) in [7, 11) is 0. The summed E-state index contributed by atoms with van der Waals surface area (Å²) in [6, 6.07) is 8.08. The smallest absolute Gasteiger partial charge is 0.161 e. The van der Waals surface area contributed by atoms with Gasteiger partial charge < -0.3 is 15.2 Å². The summed E-state index contributed by atoms with van der Waals surface area (Å²) in [5.41, 5.74) is 7.57. The van der Waals surface area contributed by atoms with Crippen LogP contribution < -0.4 is 15.2 Å². The lowest BCUT2D eigenvalue weighted by atomic mass is 10.2. The van der Waals surface area contributed by atoms with Crippen molar-refractivity contribution in [3.05, 3.63) is 41.7 Å². The molecule has 2 N–H and O–H groups in total. The van der Waals surface area contributed by atoms with Crippen LogP contribution in [0.15, 0.2) is 30.5 Å². The maximum atomic E-state index is 5.83. The van der Waals surface area contributed by atoms with Gasteiger partial charge in [0.25, 0.3) is 0 Å². The largest absolute Gasteiger partial charge is 0.490 e. The van der Waals surface area contributed by atoms with Crippen molar-refractivity contribution < 1.29 is 9.47 Å². The molecule has 5 heteroatoms. The van der Waals surface area contributed by atoms with E-state index < -0.39 is 0 Å². The lowest BCUT2D eigenvalue weighted by molar-refractivity contribution is 0.265. The van der Waals surface area contributed by atoms with Crippen LogP contribution in [0.25, 0.3) is 0 Å². The highest BCUT2D eigenvalue weighted by molar-refractivity contribution is 5.43. The molecule has 0 amide bonds. The molecule has 0 fully saturated rings. The Balaban J connectivity index is 2.07. The molecule has 1 heterocycles. The van der Waals surface area contributed by atoms with Crippen LogP contribution in [0.4, 0.5) is 0 Å². The zero-order valence-electron chi connectivity index (χ0n) is 12.9. The van der Waals surface area contributed by atoms with Gasteiger partial charge in [-0.2, -0.15) is 5.10 Å². The second-order valence-electron chi connectivity index (χ2n) is 5.09. The first-order valence-corrected chi connectivity index (χ1v) is 7.26. The molecule has 1 aromatic carbocycles. The van der Waals surface area contributed by atoms with Gasteiger partial charge in [0, 0.05) is 18.8 Å². The first-order chi connectivity index (χ1) is 10.1. The molecule has 0 unspecified atom stereocenters. The van der Waals surface area contributed by atoms with Crippen LogP contribution in [0.3, 0.4) is 0 Å². The van der Waals surface area contributed by atoms with Crippen molar-refractivity contribution in [1.29, 1.82) is 0 Å². The van der Waals surface area contributed by atoms with Crippen LogP contribution in [-0.4, -0.2) is 16.4 Å². The molecule has 0 aliphatic heterocycles. The van der Waals surface area contributed by atoms with Crippen LogP contribution in [0.5, 0.6) is 11.5 Å². The second-order valence-corrected chi connectivity index (χ2v) is 5.09. The Kier molecular flexibility index (Phi) is 5.22. The van der Waals surface area contributed by atoms with E-state index in [2.05, 4.69) is 18.9 Å². The van der Waals surface area contributed by atoms with Crippen LogP contribution in [0, 0.1) is 0 Å². The van der Waals surface area contributed by atoms with Gasteiger partial charge >= 0.3 is 0 Å². The number of nitrogens with zero attached hydrogens (tertiary/aromatic N) is 2. The number of hydrogen-bond donors (Lipinski definition) is 1. The summed E-state index contributed by atoms with van der Waals surface area (Å²) >= 11 is 0. The standard InChI is InChI=1S/C16H23N3O2/c1-4-20-16-9-13(10-17)5-6-15(16)21-11-14-7-8-19(18-14)12(2)3/h5-9,12H,4,10-11,17H2,1-3H3. The zero-order chi connectivity index (χ0) is 15.2. The Hall–Kier alpha value is -2.01. The number of ether oxygens (including phenoxy) is 2. The molecule has 0 bridgehead atoms. The molecule has 114 valence electrons. The van der Waals surface area contributed by atoms with Crippen molar-refractivity contribution in [2.75, 3.05) is 6.61 Å². The van der Waals surface area contributed by atoms with E-state index in [1.165, 1.54) is 0 Å². The Bertz CT molecular complexity index is 579. The molecular weight excluding hydrogens is 266 g/mol. The predicted octanol–water partition coefficient (Wildman–Crippen LogP) is 2.90. The summed E-state index contributed by atoms with van der Waals surface area (Å²) in [5.74, 6) is 1.44. The van der Waals surface area contributed by atoms with Crippen LogP contribution in [-0.2, 0) is 13.2 Å². The Morgan fingerprint density at radius 3 is 2.62 bits per heavy atom. The van der Waals surface area contributed by atoms with Crippen molar-refractivity contribution >= 4 is 0 Å². The van der Waals surface area contributed by atoms with E-state index in [9.17, 15) is 0 Å². The minimum absolute atomic E-state index is 0.349. The summed E-state index contributed by atoms with van der Waals surface area (Å²) in [6.45, 7) is 7.63. The molecule has 0 radical (unpaired) electrons. The third kappa shape index (κ3) is 3.98. The van der Waals surface area contributed by atoms with Crippen molar-refractivity contribution in [2.45, 2.75) is 40.0 Å². The Morgan fingerprint density at radius 2 is 2.00 bits per heavy atom. The van der Waals surface area contributed by atoms with Gasteiger partial charge in [-0.25, -0.2) is 0 Å². The maximum absolute atomic E-state index is 5.83. The number of rotatable bonds is 7. The van der Waals surface area contributed by atoms with E-state index in [0.717, 1.165) is 17.0 Å². The molecule has 0 aliphatic carbocycles. The van der Waals surface area contributed by atoms with E-state index in [-0.39, 0.29) is 0 Å². The minimum Gasteiger partial charge on any atom is -0.490 e. The number of nitrogens with two attached hydrogens (primary N) is 1. The van der Waals surface area contributed by atoms with E-state index >= 15 is 0 Å². The lowest BCUT2D eigenvalue weighted by Crippen LogP contribution is -2.05. The highest BCUT2D eigenvalue weighted by atomic mass is 16.5. The summed E-state index contributed by atoms with van der Waals surface area (Å²) in [4.78, 5) is 0. The third-order valence-electron chi connectivity index (χ3n) is 3.11. The molecule has 0 saturated carbocycles. The molecule has 2 rings (SSSR count). The molecule has 2 aromatic rings. The fourth-order valence-corrected chi connectivity index (χ4v) is 1.96. The molecular formula is C16H23N3O2. The van der Waals surface area contributed by atoms with E-state index in [1.54, 1.807) is 0 Å². The van der Waals surface area contributed by atoms with Crippen LogP contribution in [0.1, 0.15) is 38.1 Å². The molecule has 0 aliphatic rings. The quantitative estimate of drug-likeness (QED) is 0.851. The minimum atomic E-state index is 0.349. The van der Waals surface area contributed by atoms with Gasteiger partial charge in [0.2, 0.25) is 0 Å². The normalized spacial score (nSPS) is 10.9. The third-order valence-corrected chi connectivity index (χ3v) is 3.11. The average Bonchev–Trinajstić information content (AvgIpc) is 2.95. The van der Waals surface area contributed by atoms with Gasteiger partial charge in [0.1, 0.15) is 6.61 Å². The highest BCUT2D eigenvalue weighted by Gasteiger charge is 2.08. The average molecular weight is 289 g/mol. The summed E-state index contributed by atoms with van der Waals surface area (Å²) in [5, 5.41) is 4.47. The van der Waals surface area contributed by atoms with Crippen LogP contribution in [0.2, 0.25) is 0 Å². The number of hydrogen-bond acceptors (Lipinski definition) is 4. The van der Waals surface area contributed by atoms with Crippen molar-refractivity contribution in [1.82, 2.24) is 9.78 Å². The van der Waals surface area contributed by atoms with Gasteiger partial charge in [0.15, 0.2) is 11.5 Å². The highest BCUT2D eigenvalue weighted by Crippen LogP contribution is 2.29. The van der Waals surface area contributed by atoms with Gasteiger partial charge in [-0.3, -0.25) is 4.68 Å². The van der Waals surface area contributed by atoms with Crippen molar-refractivity contribution in [3.8, 4) is 11.5 Å². The van der Waals surface area contributed by atoms with E-state index in [1.807, 2.05) is 42.1 Å². The fourth-order valence-electron chi connectivity index (χ4n) is 1.96. The van der Waals surface area contributed by atoms with Crippen molar-refractivity contribution in [3.63, 3.8) is 0 Å². The summed E-state index contributed by atoms with van der Waals surface area (Å²) < 4.78 is 13.3. The topological polar surface area (TPSA) is 62.3 Å². The SMILES string of the molecule is CCOc1cc(CN)ccc1OCc1ccn(C(C)C)n1. The first-order valence-electron chi connectivity index (χ1n) is 7.26. The van der Waals surface area contributed by atoms with E-state index in [4.69, 9.17) is 15.2 Å². The van der Waals surface area contributed by atoms with Crippen molar-refractivity contribution in [2.24, 2.45) is 5.73 Å². The monoisotopic (exact) mass is 289 g/mol. The molecule has 0 spiro atoms. The maximum Gasteiger partial charge on any atom is 0.161 e. The molecule has 1 aromatic heterocycles. The van der Waals surface area contributed by atoms with E-state index in [0.29, 0.717) is 31.5 Å². The molecule has 0 atom stereocenters. The first kappa shape index (κ1) is 15.4. The Morgan fingerprint density at radius 1 is 1.19 bits per heavy atom. The van der Waals surface area contributed by atoms with Gasteiger partial charge in [-0.15, -0.1) is 0 Å². The summed E-state index contributed by atoms with van der Waals surface area (Å²) in [6.07, 6.45) is 1.96. The Labute approximate surface area is 125 Å². The molecule has 21 heavy (non-hydrogen) atoms. The van der Waals surface area contributed by atoms with Gasteiger partial charge in [-0.1, -0.05) is 6.07 Å². The fraction of sp³-hybridized carbons (Fsp3) is 0.438. The molecule has 5 nitrogen and oxygen atoms in total. The number of aromatic nitrogens is 2.